The molecule has 1 aliphatic carbocycles. The fourth-order valence-electron chi connectivity index (χ4n) is 3.35. The first kappa shape index (κ1) is 15.6. The van der Waals surface area contributed by atoms with Crippen LogP contribution in [0.15, 0.2) is 0 Å². The molecule has 1 aliphatic heterocycles. The molecule has 1 amide bonds. The molecular weight excluding hydrogens is 289 g/mol. The number of likely N-dealkylation sites (tertiary alicyclic amines) is 1. The maximum absolute atomic E-state index is 12.1. The second kappa shape index (κ2) is 6.12. The molecule has 1 radical (unpaired) electrons. The van der Waals surface area contributed by atoms with Gasteiger partial charge in [0.2, 0.25) is 0 Å². The van der Waals surface area contributed by atoms with Crippen molar-refractivity contribution in [2.75, 3.05) is 20.1 Å². The van der Waals surface area contributed by atoms with Crippen LogP contribution in [0.3, 0.4) is 0 Å². The molecular formula is C13H24N2OY. The minimum atomic E-state index is -0.103. The van der Waals surface area contributed by atoms with Crippen LogP contribution in [0.1, 0.15) is 45.4 Å². The van der Waals surface area contributed by atoms with E-state index in [4.69, 9.17) is 0 Å². The fraction of sp³-hybridized carbons (Fsp3) is 0.846. The molecule has 1 atom stereocenters. The van der Waals surface area contributed by atoms with Gasteiger partial charge < -0.3 is 9.80 Å². The number of likely N-dealkylation sites (N-methyl/N-ethyl adjacent to an activating group) is 2. The zero-order chi connectivity index (χ0) is 11.6. The summed E-state index contributed by atoms with van der Waals surface area (Å²) in [5.74, 6) is 0.257. The van der Waals surface area contributed by atoms with Crippen molar-refractivity contribution >= 4 is 5.91 Å². The topological polar surface area (TPSA) is 29.1 Å². The molecule has 0 bridgehead atoms. The van der Waals surface area contributed by atoms with E-state index in [2.05, 4.69) is 18.8 Å². The molecule has 1 N–H and O–H groups in total. The Bertz CT molecular complexity index is 269. The zero-order valence-corrected chi connectivity index (χ0v) is 14.0. The van der Waals surface area contributed by atoms with Crippen molar-refractivity contribution in [2.24, 2.45) is 0 Å². The molecule has 0 aromatic carbocycles. The normalized spacial score (nSPS) is 30.9. The van der Waals surface area contributed by atoms with Gasteiger partial charge in [0.1, 0.15) is 0 Å². The molecule has 1 saturated carbocycles. The molecule has 0 aromatic heterocycles. The molecule has 17 heavy (non-hydrogen) atoms. The summed E-state index contributed by atoms with van der Waals surface area (Å²) in [6.07, 6.45) is 7.19. The van der Waals surface area contributed by atoms with Crippen molar-refractivity contribution in [1.29, 1.82) is 0 Å². The maximum Gasteiger partial charge on any atom is 0.278 e. The average molecular weight is 313 g/mol. The number of carbonyl (C=O) groups excluding carboxylic acids is 1. The van der Waals surface area contributed by atoms with Gasteiger partial charge in [-0.05, 0) is 13.3 Å². The summed E-state index contributed by atoms with van der Waals surface area (Å²) in [5, 5.41) is 2.87. The van der Waals surface area contributed by atoms with Crippen LogP contribution in [-0.4, -0.2) is 36.1 Å². The number of nitrogens with one attached hydrogen (secondary N) is 1. The van der Waals surface area contributed by atoms with Crippen molar-refractivity contribution in [3.05, 3.63) is 6.54 Å². The zero-order valence-electron chi connectivity index (χ0n) is 11.2. The summed E-state index contributed by atoms with van der Waals surface area (Å²) in [6.45, 7) is 6.87. The fourth-order valence-corrected chi connectivity index (χ4v) is 3.35. The molecule has 0 spiro atoms. The number of quaternary nitrogens is 1. The van der Waals surface area contributed by atoms with Crippen LogP contribution in [0.4, 0.5) is 0 Å². The number of hydrogen-bond acceptors (Lipinski definition) is 1. The Balaban J connectivity index is 0.00000144. The van der Waals surface area contributed by atoms with Gasteiger partial charge in [-0.15, -0.1) is 13.0 Å². The van der Waals surface area contributed by atoms with Gasteiger partial charge in [0, 0.05) is 52.6 Å². The van der Waals surface area contributed by atoms with E-state index >= 15 is 0 Å². The molecule has 4 heteroatoms. The van der Waals surface area contributed by atoms with Gasteiger partial charge in [-0.2, -0.15) is 0 Å². The number of nitrogens with zero attached hydrogens (tertiary/aromatic N) is 1. The van der Waals surface area contributed by atoms with Gasteiger partial charge in [0.15, 0.2) is 5.54 Å². The van der Waals surface area contributed by atoms with E-state index < -0.39 is 0 Å². The molecule has 2 rings (SSSR count). The summed E-state index contributed by atoms with van der Waals surface area (Å²) in [5.41, 5.74) is -0.103. The van der Waals surface area contributed by atoms with E-state index in [9.17, 15) is 4.79 Å². The molecule has 1 saturated heterocycles. The molecule has 1 heterocycles. The quantitative estimate of drug-likeness (QED) is 0.625. The summed E-state index contributed by atoms with van der Waals surface area (Å²) < 4.78 is 0.937. The first-order valence-electron chi connectivity index (χ1n) is 6.64. The molecule has 95 valence electrons. The molecule has 2 aliphatic rings. The summed E-state index contributed by atoms with van der Waals surface area (Å²) in [7, 11) is 1.77. The third kappa shape index (κ3) is 2.62. The van der Waals surface area contributed by atoms with Crippen molar-refractivity contribution in [3.63, 3.8) is 0 Å². The van der Waals surface area contributed by atoms with E-state index in [1.165, 1.54) is 25.7 Å². The minimum absolute atomic E-state index is 0. The van der Waals surface area contributed by atoms with Gasteiger partial charge in [-0.25, -0.2) is 0 Å². The number of carbonyl (C=O) groups is 1. The molecule has 0 aromatic rings. The van der Waals surface area contributed by atoms with Crippen LogP contribution in [0, 0.1) is 6.54 Å². The van der Waals surface area contributed by atoms with Crippen molar-refractivity contribution in [2.45, 2.75) is 51.0 Å². The van der Waals surface area contributed by atoms with E-state index in [1.54, 1.807) is 7.05 Å². The molecule has 2 fully saturated rings. The van der Waals surface area contributed by atoms with Gasteiger partial charge in [0.25, 0.3) is 5.91 Å². The van der Waals surface area contributed by atoms with Crippen LogP contribution >= 0.6 is 0 Å². The van der Waals surface area contributed by atoms with Crippen LogP contribution in [-0.2, 0) is 37.5 Å². The third-order valence-electron chi connectivity index (χ3n) is 4.53. The van der Waals surface area contributed by atoms with Crippen LogP contribution < -0.4 is 5.32 Å². The average Bonchev–Trinajstić information content (AvgIpc) is 3.12. The van der Waals surface area contributed by atoms with Crippen molar-refractivity contribution in [3.8, 4) is 0 Å². The Morgan fingerprint density at radius 3 is 2.59 bits per heavy atom. The number of amides is 1. The van der Waals surface area contributed by atoms with Crippen LogP contribution in [0.25, 0.3) is 0 Å². The van der Waals surface area contributed by atoms with E-state index in [0.29, 0.717) is 0 Å². The minimum Gasteiger partial charge on any atom is -0.442 e. The van der Waals surface area contributed by atoms with E-state index in [-0.39, 0.29) is 44.2 Å². The Hall–Kier alpha value is 0.534. The Morgan fingerprint density at radius 1 is 1.35 bits per heavy atom. The third-order valence-corrected chi connectivity index (χ3v) is 4.53. The van der Waals surface area contributed by atoms with Crippen molar-refractivity contribution in [1.82, 2.24) is 5.32 Å². The van der Waals surface area contributed by atoms with Gasteiger partial charge in [0.05, 0.1) is 13.1 Å². The molecule has 1 unspecified atom stereocenters. The first-order valence-corrected chi connectivity index (χ1v) is 6.64. The van der Waals surface area contributed by atoms with Gasteiger partial charge >= 0.3 is 0 Å². The number of rotatable bonds is 3. The predicted molar refractivity (Wildman–Crippen MR) is 64.5 cm³/mol. The van der Waals surface area contributed by atoms with Crippen molar-refractivity contribution < 1.29 is 42.0 Å². The second-order valence-corrected chi connectivity index (χ2v) is 5.22. The summed E-state index contributed by atoms with van der Waals surface area (Å²) in [4.78, 5) is 12.1. The van der Waals surface area contributed by atoms with Gasteiger partial charge in [-0.3, -0.25) is 4.79 Å². The number of hydrogen-bond donors (Lipinski definition) is 1. The van der Waals surface area contributed by atoms with Crippen LogP contribution in [0.5, 0.6) is 0 Å². The van der Waals surface area contributed by atoms with Crippen LogP contribution in [0.2, 0.25) is 0 Å². The van der Waals surface area contributed by atoms with E-state index in [0.717, 1.165) is 30.4 Å². The predicted octanol–water partition coefficient (Wildman–Crippen LogP) is 1.83. The SMILES string of the molecule is CC[N+]1(C2(C(=O)NC)CC2)[CH-]CCCCC1.[Y]. The first-order chi connectivity index (χ1) is 7.71. The van der Waals surface area contributed by atoms with Gasteiger partial charge in [-0.1, -0.05) is 12.8 Å². The molecule has 3 nitrogen and oxygen atoms in total. The smallest absolute Gasteiger partial charge is 0.278 e. The Kier molecular flexibility index (Phi) is 5.61. The standard InChI is InChI=1S/C13H24N2O.Y/c1-3-15(10-6-4-5-7-11-15)13(8-9-13)12(16)14-2;/h10H,3-9,11H2,1-2H3,(H,14,16);. The maximum atomic E-state index is 12.1. The monoisotopic (exact) mass is 313 g/mol. The second-order valence-electron chi connectivity index (χ2n) is 5.22. The van der Waals surface area contributed by atoms with E-state index in [1.807, 2.05) is 0 Å². The Labute approximate surface area is 130 Å². The summed E-state index contributed by atoms with van der Waals surface area (Å²) >= 11 is 0. The Morgan fingerprint density at radius 2 is 2.06 bits per heavy atom. The summed E-state index contributed by atoms with van der Waals surface area (Å²) in [6, 6.07) is 0. The largest absolute Gasteiger partial charge is 0.442 e.